The van der Waals surface area contributed by atoms with E-state index in [1.165, 1.54) is 11.1 Å². The van der Waals surface area contributed by atoms with Crippen molar-refractivity contribution in [2.24, 2.45) is 17.1 Å². The monoisotopic (exact) mass is 312 g/mol. The van der Waals surface area contributed by atoms with E-state index in [0.29, 0.717) is 29.7 Å². The van der Waals surface area contributed by atoms with Crippen LogP contribution in [0.1, 0.15) is 44.7 Å². The molecule has 4 heteroatoms. The maximum atomic E-state index is 5.66. The van der Waals surface area contributed by atoms with Crippen LogP contribution >= 0.6 is 0 Å². The third-order valence-electron chi connectivity index (χ3n) is 4.67. The predicted molar refractivity (Wildman–Crippen MR) is 96.2 cm³/mol. The maximum Gasteiger partial charge on any atom is 0.222 e. The van der Waals surface area contributed by atoms with Crippen LogP contribution in [0, 0.1) is 11.3 Å². The van der Waals surface area contributed by atoms with Crippen LogP contribution in [0.15, 0.2) is 42.7 Å². The van der Waals surface area contributed by atoms with Gasteiger partial charge in [0.25, 0.3) is 0 Å². The molecule has 0 spiro atoms. The molecule has 2 atom stereocenters. The number of nitrogens with one attached hydrogen (secondary N) is 1. The van der Waals surface area contributed by atoms with Gasteiger partial charge in [0.05, 0.1) is 0 Å². The van der Waals surface area contributed by atoms with Gasteiger partial charge in [0.1, 0.15) is 0 Å². The van der Waals surface area contributed by atoms with Crippen molar-refractivity contribution in [3.63, 3.8) is 0 Å². The van der Waals surface area contributed by atoms with Crippen LogP contribution in [0.5, 0.6) is 0 Å². The van der Waals surface area contributed by atoms with Crippen molar-refractivity contribution in [2.75, 3.05) is 11.9 Å². The van der Waals surface area contributed by atoms with Gasteiger partial charge in [0.15, 0.2) is 0 Å². The van der Waals surface area contributed by atoms with Gasteiger partial charge in [-0.25, -0.2) is 9.97 Å². The minimum Gasteiger partial charge on any atom is -0.354 e. The van der Waals surface area contributed by atoms with E-state index in [-0.39, 0.29) is 0 Å². The third-order valence-corrected chi connectivity index (χ3v) is 4.67. The Hall–Kier alpha value is -1.94. The first-order chi connectivity index (χ1) is 11.1. The van der Waals surface area contributed by atoms with Crippen molar-refractivity contribution in [1.29, 1.82) is 0 Å². The zero-order chi connectivity index (χ0) is 16.9. The molecule has 0 bridgehead atoms. The van der Waals surface area contributed by atoms with Crippen LogP contribution in [0.3, 0.4) is 0 Å². The standard InChI is InChI=1S/C17H22N4.C2H6/c1-17(2)14(11-21-16-19-8-3-9-20-16)15(17)13-6-4-12(10-18)5-7-13;1-2/h3-9,14-15H,10-11,18H2,1-2H3,(H,19,20,21);1-2H3. The second kappa shape index (κ2) is 7.55. The molecule has 1 aromatic carbocycles. The normalized spacial score (nSPS) is 21.1. The summed E-state index contributed by atoms with van der Waals surface area (Å²) in [5.74, 6) is 1.89. The molecule has 0 aliphatic heterocycles. The molecule has 1 saturated carbocycles. The fourth-order valence-corrected chi connectivity index (χ4v) is 3.24. The molecule has 1 aromatic heterocycles. The molecule has 2 aromatic rings. The van der Waals surface area contributed by atoms with Gasteiger partial charge in [0, 0.05) is 25.5 Å². The van der Waals surface area contributed by atoms with Crippen molar-refractivity contribution in [3.05, 3.63) is 53.9 Å². The van der Waals surface area contributed by atoms with E-state index >= 15 is 0 Å². The summed E-state index contributed by atoms with van der Waals surface area (Å²) in [6, 6.07) is 10.5. The number of nitrogens with zero attached hydrogens (tertiary/aromatic N) is 2. The van der Waals surface area contributed by atoms with Gasteiger partial charge in [-0.2, -0.15) is 0 Å². The molecular formula is C19H28N4. The Morgan fingerprint density at radius 3 is 2.26 bits per heavy atom. The third kappa shape index (κ3) is 3.88. The first-order valence-electron chi connectivity index (χ1n) is 8.42. The molecule has 3 rings (SSSR count). The van der Waals surface area contributed by atoms with Crippen molar-refractivity contribution < 1.29 is 0 Å². The van der Waals surface area contributed by atoms with Gasteiger partial charge >= 0.3 is 0 Å². The lowest BCUT2D eigenvalue weighted by atomic mass is 10.0. The van der Waals surface area contributed by atoms with Crippen molar-refractivity contribution in [3.8, 4) is 0 Å². The molecule has 1 fully saturated rings. The average Bonchev–Trinajstić information content (AvgIpc) is 3.16. The summed E-state index contributed by atoms with van der Waals surface area (Å²) in [4.78, 5) is 8.42. The molecule has 4 nitrogen and oxygen atoms in total. The van der Waals surface area contributed by atoms with E-state index < -0.39 is 0 Å². The molecule has 3 N–H and O–H groups in total. The molecule has 1 aliphatic rings. The number of aromatic nitrogens is 2. The van der Waals surface area contributed by atoms with E-state index in [0.717, 1.165) is 6.54 Å². The first-order valence-corrected chi connectivity index (χ1v) is 8.42. The molecular weight excluding hydrogens is 284 g/mol. The molecule has 124 valence electrons. The Bertz CT molecular complexity index is 593. The second-order valence-corrected chi connectivity index (χ2v) is 6.30. The number of nitrogens with two attached hydrogens (primary N) is 1. The van der Waals surface area contributed by atoms with E-state index in [1.54, 1.807) is 12.4 Å². The Morgan fingerprint density at radius 2 is 1.70 bits per heavy atom. The summed E-state index contributed by atoms with van der Waals surface area (Å²) >= 11 is 0. The Kier molecular flexibility index (Phi) is 5.72. The van der Waals surface area contributed by atoms with Crippen molar-refractivity contribution in [2.45, 2.75) is 40.2 Å². The highest BCUT2D eigenvalue weighted by Gasteiger charge is 2.57. The second-order valence-electron chi connectivity index (χ2n) is 6.30. The van der Waals surface area contributed by atoms with Gasteiger partial charge in [-0.1, -0.05) is 52.0 Å². The van der Waals surface area contributed by atoms with Gasteiger partial charge in [-0.15, -0.1) is 0 Å². The molecule has 1 aliphatic carbocycles. The average molecular weight is 312 g/mol. The lowest BCUT2D eigenvalue weighted by Gasteiger charge is -2.04. The van der Waals surface area contributed by atoms with Gasteiger partial charge < -0.3 is 11.1 Å². The molecule has 2 unspecified atom stereocenters. The van der Waals surface area contributed by atoms with Crippen molar-refractivity contribution in [1.82, 2.24) is 9.97 Å². The van der Waals surface area contributed by atoms with Gasteiger partial charge in [0.2, 0.25) is 5.95 Å². The summed E-state index contributed by atoms with van der Waals surface area (Å²) in [5.41, 5.74) is 8.56. The van der Waals surface area contributed by atoms with Crippen LogP contribution in [-0.2, 0) is 6.54 Å². The fourth-order valence-electron chi connectivity index (χ4n) is 3.24. The summed E-state index contributed by atoms with van der Waals surface area (Å²) in [7, 11) is 0. The number of hydrogen-bond donors (Lipinski definition) is 2. The fraction of sp³-hybridized carbons (Fsp3) is 0.474. The number of anilines is 1. The smallest absolute Gasteiger partial charge is 0.222 e. The number of benzene rings is 1. The zero-order valence-electron chi connectivity index (χ0n) is 14.6. The minimum absolute atomic E-state index is 0.312. The first kappa shape index (κ1) is 17.4. The quantitative estimate of drug-likeness (QED) is 0.881. The zero-order valence-corrected chi connectivity index (χ0v) is 14.6. The van der Waals surface area contributed by atoms with Crippen LogP contribution in [0.2, 0.25) is 0 Å². The Morgan fingerprint density at radius 1 is 1.09 bits per heavy atom. The largest absolute Gasteiger partial charge is 0.354 e. The highest BCUT2D eigenvalue weighted by atomic mass is 15.1. The maximum absolute atomic E-state index is 5.66. The highest BCUT2D eigenvalue weighted by molar-refractivity contribution is 5.35. The van der Waals surface area contributed by atoms with Crippen molar-refractivity contribution >= 4 is 5.95 Å². The van der Waals surface area contributed by atoms with E-state index in [4.69, 9.17) is 5.73 Å². The van der Waals surface area contributed by atoms with Crippen LogP contribution in [0.4, 0.5) is 5.95 Å². The number of rotatable bonds is 5. The number of hydrogen-bond acceptors (Lipinski definition) is 4. The van der Waals surface area contributed by atoms with E-state index in [2.05, 4.69) is 53.4 Å². The molecule has 1 heterocycles. The van der Waals surface area contributed by atoms with Crippen LogP contribution in [0.25, 0.3) is 0 Å². The summed E-state index contributed by atoms with van der Waals surface area (Å²) in [5, 5.41) is 3.34. The molecule has 0 amide bonds. The highest BCUT2D eigenvalue weighted by Crippen LogP contribution is 2.64. The van der Waals surface area contributed by atoms with E-state index in [9.17, 15) is 0 Å². The lowest BCUT2D eigenvalue weighted by molar-refractivity contribution is 0.564. The summed E-state index contributed by atoms with van der Waals surface area (Å²) < 4.78 is 0. The molecule has 23 heavy (non-hydrogen) atoms. The Balaban J connectivity index is 0.000000924. The summed E-state index contributed by atoms with van der Waals surface area (Å²) in [6.45, 7) is 10.2. The SMILES string of the molecule is CC.CC1(C)C(CNc2ncccn2)C1c1ccc(CN)cc1. The van der Waals surface area contributed by atoms with Crippen LogP contribution in [-0.4, -0.2) is 16.5 Å². The minimum atomic E-state index is 0.312. The van der Waals surface area contributed by atoms with Gasteiger partial charge in [-0.05, 0) is 34.4 Å². The molecule has 0 saturated heterocycles. The lowest BCUT2D eigenvalue weighted by Crippen LogP contribution is -2.09. The Labute approximate surface area is 139 Å². The predicted octanol–water partition coefficient (Wildman–Crippen LogP) is 3.81. The topological polar surface area (TPSA) is 63.8 Å². The molecule has 0 radical (unpaired) electrons. The van der Waals surface area contributed by atoms with E-state index in [1.807, 2.05) is 19.9 Å². The van der Waals surface area contributed by atoms with Crippen LogP contribution < -0.4 is 11.1 Å². The summed E-state index contributed by atoms with van der Waals surface area (Å²) in [6.07, 6.45) is 3.52. The van der Waals surface area contributed by atoms with Gasteiger partial charge in [-0.3, -0.25) is 0 Å².